The lowest BCUT2D eigenvalue weighted by Gasteiger charge is -2.19. The van der Waals surface area contributed by atoms with E-state index in [-0.39, 0.29) is 5.50 Å². The first-order valence-electron chi connectivity index (χ1n) is 4.18. The number of nitrogens with two attached hydrogens (primary N) is 3. The molecule has 74 valence electrons. The number of nitrogens with zero attached hydrogens (tertiary/aromatic N) is 2. The standard InChI is InChI=1S/C7H15N5S/c1-2-3-13-7-11-5(9)4(8)6(10)12-7/h4,7H,2-3,8H2,1H3,(H2,9,11)(H2,10,12). The highest BCUT2D eigenvalue weighted by Gasteiger charge is 2.20. The van der Waals surface area contributed by atoms with Crippen LogP contribution in [0.15, 0.2) is 9.98 Å². The molecule has 5 nitrogen and oxygen atoms in total. The molecular weight excluding hydrogens is 186 g/mol. The topological polar surface area (TPSA) is 103 Å². The Morgan fingerprint density at radius 3 is 2.31 bits per heavy atom. The van der Waals surface area contributed by atoms with Crippen LogP contribution in [0.4, 0.5) is 0 Å². The molecule has 0 aromatic heterocycles. The second-order valence-corrected chi connectivity index (χ2v) is 3.95. The second-order valence-electron chi connectivity index (χ2n) is 2.78. The van der Waals surface area contributed by atoms with Crippen molar-refractivity contribution in [2.45, 2.75) is 24.9 Å². The van der Waals surface area contributed by atoms with Crippen molar-refractivity contribution in [3.8, 4) is 0 Å². The number of rotatable bonds is 3. The van der Waals surface area contributed by atoms with Gasteiger partial charge in [-0.25, -0.2) is 9.98 Å². The number of hydrogen-bond donors (Lipinski definition) is 3. The van der Waals surface area contributed by atoms with Crippen LogP contribution in [0, 0.1) is 0 Å². The highest BCUT2D eigenvalue weighted by Crippen LogP contribution is 2.17. The van der Waals surface area contributed by atoms with Gasteiger partial charge in [-0.15, -0.1) is 11.8 Å². The van der Waals surface area contributed by atoms with Gasteiger partial charge in [-0.2, -0.15) is 0 Å². The lowest BCUT2D eigenvalue weighted by atomic mass is 10.2. The Kier molecular flexibility index (Phi) is 3.56. The number of hydrogen-bond acceptors (Lipinski definition) is 6. The van der Waals surface area contributed by atoms with E-state index in [4.69, 9.17) is 17.2 Å². The first kappa shape index (κ1) is 10.3. The molecule has 1 aliphatic heterocycles. The molecule has 0 radical (unpaired) electrons. The van der Waals surface area contributed by atoms with Gasteiger partial charge in [-0.1, -0.05) is 6.92 Å². The molecule has 0 saturated carbocycles. The fraction of sp³-hybridized carbons (Fsp3) is 0.714. The summed E-state index contributed by atoms with van der Waals surface area (Å²) in [5.41, 5.74) is 16.6. The third-order valence-electron chi connectivity index (χ3n) is 1.63. The van der Waals surface area contributed by atoms with Crippen LogP contribution in [0.25, 0.3) is 0 Å². The molecule has 0 aromatic rings. The monoisotopic (exact) mass is 201 g/mol. The quantitative estimate of drug-likeness (QED) is 0.571. The number of aliphatic imine (C=N–C) groups is 2. The normalized spacial score (nSPS) is 28.2. The maximum absolute atomic E-state index is 5.59. The molecule has 0 bridgehead atoms. The average Bonchev–Trinajstić information content (AvgIpc) is 2.10. The summed E-state index contributed by atoms with van der Waals surface area (Å²) in [5, 5.41) is 0. The molecule has 0 fully saturated rings. The van der Waals surface area contributed by atoms with E-state index < -0.39 is 6.04 Å². The van der Waals surface area contributed by atoms with Crippen LogP contribution >= 0.6 is 11.8 Å². The number of amidine groups is 2. The fourth-order valence-corrected chi connectivity index (χ4v) is 1.73. The Hall–Kier alpha value is -0.750. The molecule has 6 heteroatoms. The van der Waals surface area contributed by atoms with Crippen LogP contribution in [-0.4, -0.2) is 29.0 Å². The van der Waals surface area contributed by atoms with Gasteiger partial charge in [0.15, 0.2) is 5.50 Å². The van der Waals surface area contributed by atoms with E-state index in [0.717, 1.165) is 12.2 Å². The van der Waals surface area contributed by atoms with E-state index in [0.29, 0.717) is 11.7 Å². The van der Waals surface area contributed by atoms with Gasteiger partial charge in [0.25, 0.3) is 0 Å². The van der Waals surface area contributed by atoms with Gasteiger partial charge in [0.1, 0.15) is 17.7 Å². The maximum Gasteiger partial charge on any atom is 0.190 e. The maximum atomic E-state index is 5.59. The van der Waals surface area contributed by atoms with Crippen molar-refractivity contribution in [2.75, 3.05) is 5.75 Å². The van der Waals surface area contributed by atoms with E-state index in [1.165, 1.54) is 0 Å². The minimum absolute atomic E-state index is 0.195. The van der Waals surface area contributed by atoms with Crippen LogP contribution in [-0.2, 0) is 0 Å². The second kappa shape index (κ2) is 4.48. The third kappa shape index (κ3) is 2.60. The highest BCUT2D eigenvalue weighted by atomic mass is 32.2. The van der Waals surface area contributed by atoms with Crippen molar-refractivity contribution in [1.82, 2.24) is 0 Å². The van der Waals surface area contributed by atoms with Crippen LogP contribution < -0.4 is 17.2 Å². The minimum atomic E-state index is -0.501. The van der Waals surface area contributed by atoms with E-state index >= 15 is 0 Å². The number of thioether (sulfide) groups is 1. The summed E-state index contributed by atoms with van der Waals surface area (Å²) in [6.45, 7) is 2.10. The van der Waals surface area contributed by atoms with Gasteiger partial charge in [-0.3, -0.25) is 0 Å². The first-order valence-corrected chi connectivity index (χ1v) is 5.23. The Labute approximate surface area is 81.9 Å². The summed E-state index contributed by atoms with van der Waals surface area (Å²) in [4.78, 5) is 8.23. The van der Waals surface area contributed by atoms with Gasteiger partial charge >= 0.3 is 0 Å². The zero-order valence-corrected chi connectivity index (χ0v) is 8.42. The lowest BCUT2D eigenvalue weighted by molar-refractivity contribution is 0.898. The van der Waals surface area contributed by atoms with Gasteiger partial charge in [-0.05, 0) is 12.2 Å². The Morgan fingerprint density at radius 1 is 1.31 bits per heavy atom. The third-order valence-corrected chi connectivity index (χ3v) is 2.78. The zero-order valence-electron chi connectivity index (χ0n) is 7.60. The Bertz CT molecular complexity index is 217. The summed E-state index contributed by atoms with van der Waals surface area (Å²) in [5.74, 6) is 1.75. The van der Waals surface area contributed by atoms with Crippen molar-refractivity contribution in [1.29, 1.82) is 0 Å². The molecule has 0 aromatic carbocycles. The molecule has 0 aliphatic carbocycles. The summed E-state index contributed by atoms with van der Waals surface area (Å²) < 4.78 is 0. The summed E-state index contributed by atoms with van der Waals surface area (Å²) in [6.07, 6.45) is 1.08. The van der Waals surface area contributed by atoms with Gasteiger partial charge in [0.05, 0.1) is 0 Å². The van der Waals surface area contributed by atoms with Gasteiger partial charge < -0.3 is 17.2 Å². The van der Waals surface area contributed by atoms with Crippen molar-refractivity contribution < 1.29 is 0 Å². The molecule has 1 rings (SSSR count). The molecule has 13 heavy (non-hydrogen) atoms. The smallest absolute Gasteiger partial charge is 0.190 e. The molecule has 0 atom stereocenters. The molecule has 0 spiro atoms. The Balaban J connectivity index is 2.58. The predicted octanol–water partition coefficient (Wildman–Crippen LogP) is -0.531. The van der Waals surface area contributed by atoms with E-state index in [2.05, 4.69) is 16.9 Å². The van der Waals surface area contributed by atoms with Crippen molar-refractivity contribution >= 4 is 23.4 Å². The van der Waals surface area contributed by atoms with E-state index in [1.807, 2.05) is 0 Å². The minimum Gasteiger partial charge on any atom is -0.386 e. The summed E-state index contributed by atoms with van der Waals surface area (Å²) >= 11 is 1.62. The van der Waals surface area contributed by atoms with Crippen LogP contribution in [0.2, 0.25) is 0 Å². The SMILES string of the molecule is CCCSC1N=C(N)C(N)C(N)=N1. The molecule has 0 unspecified atom stereocenters. The molecule has 1 heterocycles. The van der Waals surface area contributed by atoms with Crippen molar-refractivity contribution in [3.63, 3.8) is 0 Å². The lowest BCUT2D eigenvalue weighted by Crippen LogP contribution is -2.50. The van der Waals surface area contributed by atoms with Crippen LogP contribution in [0.5, 0.6) is 0 Å². The van der Waals surface area contributed by atoms with Crippen LogP contribution in [0.1, 0.15) is 13.3 Å². The fourth-order valence-electron chi connectivity index (χ4n) is 0.894. The van der Waals surface area contributed by atoms with Gasteiger partial charge in [0, 0.05) is 0 Å². The Morgan fingerprint density at radius 2 is 1.85 bits per heavy atom. The van der Waals surface area contributed by atoms with Crippen molar-refractivity contribution in [3.05, 3.63) is 0 Å². The largest absolute Gasteiger partial charge is 0.386 e. The van der Waals surface area contributed by atoms with Crippen LogP contribution in [0.3, 0.4) is 0 Å². The highest BCUT2D eigenvalue weighted by molar-refractivity contribution is 7.99. The molecule has 6 N–H and O–H groups in total. The van der Waals surface area contributed by atoms with Gasteiger partial charge in [0.2, 0.25) is 0 Å². The zero-order chi connectivity index (χ0) is 9.84. The molecule has 1 aliphatic rings. The molecular formula is C7H15N5S. The summed E-state index contributed by atoms with van der Waals surface area (Å²) in [6, 6.07) is -0.501. The van der Waals surface area contributed by atoms with E-state index in [9.17, 15) is 0 Å². The van der Waals surface area contributed by atoms with E-state index in [1.54, 1.807) is 11.8 Å². The average molecular weight is 201 g/mol. The predicted molar refractivity (Wildman–Crippen MR) is 57.8 cm³/mol. The summed E-state index contributed by atoms with van der Waals surface area (Å²) in [7, 11) is 0. The van der Waals surface area contributed by atoms with Crippen molar-refractivity contribution in [2.24, 2.45) is 27.2 Å². The molecule has 0 saturated heterocycles. The molecule has 0 amide bonds. The first-order chi connectivity index (χ1) is 6.15.